The summed E-state index contributed by atoms with van der Waals surface area (Å²) in [5, 5.41) is 13.8. The fourth-order valence-corrected chi connectivity index (χ4v) is 2.73. The smallest absolute Gasteiger partial charge is 0.355 e. The van der Waals surface area contributed by atoms with Gasteiger partial charge < -0.3 is 10.4 Å². The summed E-state index contributed by atoms with van der Waals surface area (Å²) in [6, 6.07) is 5.68. The first-order valence-corrected chi connectivity index (χ1v) is 7.95. The fourth-order valence-electron chi connectivity index (χ4n) is 1.96. The van der Waals surface area contributed by atoms with Gasteiger partial charge in [0.25, 0.3) is 0 Å². The highest BCUT2D eigenvalue weighted by Gasteiger charge is 2.10. The predicted octanol–water partition coefficient (Wildman–Crippen LogP) is 1.03. The lowest BCUT2D eigenvalue weighted by Gasteiger charge is -2.15. The standard InChI is InChI=1S/C15H18N4O3S/c1-19(8-11-4-2-3-6-16-11)9-13(20)17-7-5-14-18-12(10-23-14)15(21)22/h2-4,6,10H,5,7-9H2,1H3,(H,17,20)(H,21,22). The topological polar surface area (TPSA) is 95.4 Å². The van der Waals surface area contributed by atoms with Crippen molar-refractivity contribution in [3.63, 3.8) is 0 Å². The summed E-state index contributed by atoms with van der Waals surface area (Å²) in [7, 11) is 1.86. The van der Waals surface area contributed by atoms with Crippen molar-refractivity contribution >= 4 is 23.2 Å². The van der Waals surface area contributed by atoms with Crippen molar-refractivity contribution < 1.29 is 14.7 Å². The Kier molecular flexibility index (Phi) is 6.19. The van der Waals surface area contributed by atoms with Gasteiger partial charge in [0.2, 0.25) is 5.91 Å². The average Bonchev–Trinajstić information content (AvgIpc) is 2.97. The minimum Gasteiger partial charge on any atom is -0.476 e. The van der Waals surface area contributed by atoms with Crippen LogP contribution in [0.15, 0.2) is 29.8 Å². The van der Waals surface area contributed by atoms with Crippen molar-refractivity contribution in [2.45, 2.75) is 13.0 Å². The molecule has 2 aromatic rings. The van der Waals surface area contributed by atoms with Crippen LogP contribution in [0.5, 0.6) is 0 Å². The van der Waals surface area contributed by atoms with E-state index in [4.69, 9.17) is 5.11 Å². The van der Waals surface area contributed by atoms with Crippen LogP contribution in [0.4, 0.5) is 0 Å². The van der Waals surface area contributed by atoms with Crippen molar-refractivity contribution in [1.82, 2.24) is 20.2 Å². The lowest BCUT2D eigenvalue weighted by Crippen LogP contribution is -2.35. The second-order valence-corrected chi connectivity index (χ2v) is 5.97. The van der Waals surface area contributed by atoms with Gasteiger partial charge in [-0.3, -0.25) is 14.7 Å². The predicted molar refractivity (Wildman–Crippen MR) is 86.4 cm³/mol. The number of carbonyl (C=O) groups excluding carboxylic acids is 1. The Bertz CT molecular complexity index is 660. The Morgan fingerprint density at radius 1 is 1.39 bits per heavy atom. The Morgan fingerprint density at radius 2 is 2.22 bits per heavy atom. The number of nitrogens with zero attached hydrogens (tertiary/aromatic N) is 3. The zero-order chi connectivity index (χ0) is 16.7. The van der Waals surface area contributed by atoms with E-state index < -0.39 is 5.97 Å². The van der Waals surface area contributed by atoms with Crippen molar-refractivity contribution in [3.8, 4) is 0 Å². The van der Waals surface area contributed by atoms with E-state index >= 15 is 0 Å². The minimum absolute atomic E-state index is 0.0476. The number of hydrogen-bond donors (Lipinski definition) is 2. The van der Waals surface area contributed by atoms with Crippen molar-refractivity contribution in [2.24, 2.45) is 0 Å². The number of likely N-dealkylation sites (N-methyl/N-ethyl adjacent to an activating group) is 1. The number of hydrogen-bond acceptors (Lipinski definition) is 6. The maximum absolute atomic E-state index is 11.9. The molecule has 23 heavy (non-hydrogen) atoms. The molecule has 0 saturated heterocycles. The van der Waals surface area contributed by atoms with Crippen molar-refractivity contribution in [2.75, 3.05) is 20.1 Å². The van der Waals surface area contributed by atoms with Crippen molar-refractivity contribution in [1.29, 1.82) is 0 Å². The SMILES string of the molecule is CN(CC(=O)NCCc1nc(C(=O)O)cs1)Cc1ccccn1. The monoisotopic (exact) mass is 334 g/mol. The lowest BCUT2D eigenvalue weighted by molar-refractivity contribution is -0.122. The van der Waals surface area contributed by atoms with E-state index in [-0.39, 0.29) is 18.1 Å². The molecule has 1 amide bonds. The second kappa shape index (κ2) is 8.35. The number of carboxylic acid groups (broad SMARTS) is 1. The third-order valence-electron chi connectivity index (χ3n) is 3.00. The number of aromatic carboxylic acids is 1. The Hall–Kier alpha value is -2.32. The Labute approximate surface area is 138 Å². The summed E-state index contributed by atoms with van der Waals surface area (Å²) in [5.74, 6) is -1.12. The maximum atomic E-state index is 11.9. The van der Waals surface area contributed by atoms with Crippen LogP contribution >= 0.6 is 11.3 Å². The molecule has 0 saturated carbocycles. The fraction of sp³-hybridized carbons (Fsp3) is 0.333. The van der Waals surface area contributed by atoms with E-state index in [0.29, 0.717) is 24.5 Å². The van der Waals surface area contributed by atoms with Crippen LogP contribution in [0.2, 0.25) is 0 Å². The molecule has 0 aliphatic heterocycles. The molecule has 0 spiro atoms. The summed E-state index contributed by atoms with van der Waals surface area (Å²) in [6.07, 6.45) is 2.25. The average molecular weight is 334 g/mol. The summed E-state index contributed by atoms with van der Waals surface area (Å²) in [5.41, 5.74) is 0.957. The third kappa shape index (κ3) is 5.76. The summed E-state index contributed by atoms with van der Waals surface area (Å²) < 4.78 is 0. The van der Waals surface area contributed by atoms with Crippen LogP contribution in [-0.2, 0) is 17.8 Å². The summed E-state index contributed by atoms with van der Waals surface area (Å²) in [4.78, 5) is 32.7. The van der Waals surface area contributed by atoms with Gasteiger partial charge in [-0.05, 0) is 19.2 Å². The highest BCUT2D eigenvalue weighted by atomic mass is 32.1. The van der Waals surface area contributed by atoms with E-state index in [0.717, 1.165) is 5.69 Å². The molecule has 0 aliphatic carbocycles. The summed E-state index contributed by atoms with van der Waals surface area (Å²) >= 11 is 1.28. The molecule has 0 fully saturated rings. The van der Waals surface area contributed by atoms with Gasteiger partial charge in [-0.25, -0.2) is 9.78 Å². The van der Waals surface area contributed by atoms with E-state index in [9.17, 15) is 9.59 Å². The van der Waals surface area contributed by atoms with Crippen LogP contribution < -0.4 is 5.32 Å². The molecule has 2 heterocycles. The molecular formula is C15H18N4O3S. The molecule has 0 radical (unpaired) electrons. The first-order valence-electron chi connectivity index (χ1n) is 7.07. The van der Waals surface area contributed by atoms with E-state index in [1.807, 2.05) is 30.1 Å². The second-order valence-electron chi connectivity index (χ2n) is 5.02. The maximum Gasteiger partial charge on any atom is 0.355 e. The third-order valence-corrected chi connectivity index (χ3v) is 3.91. The normalized spacial score (nSPS) is 10.7. The molecule has 2 rings (SSSR count). The Balaban J connectivity index is 1.69. The number of rotatable bonds is 8. The number of thiazole rings is 1. The quantitative estimate of drug-likeness (QED) is 0.748. The van der Waals surface area contributed by atoms with Gasteiger partial charge in [-0.2, -0.15) is 0 Å². The van der Waals surface area contributed by atoms with Crippen LogP contribution in [0.1, 0.15) is 21.2 Å². The molecule has 0 aromatic carbocycles. The number of carbonyl (C=O) groups is 2. The van der Waals surface area contributed by atoms with Gasteiger partial charge in [-0.1, -0.05) is 6.07 Å². The van der Waals surface area contributed by atoms with Gasteiger partial charge in [0, 0.05) is 31.1 Å². The van der Waals surface area contributed by atoms with Crippen LogP contribution in [0, 0.1) is 0 Å². The van der Waals surface area contributed by atoms with Gasteiger partial charge in [-0.15, -0.1) is 11.3 Å². The molecule has 8 heteroatoms. The number of pyridine rings is 1. The zero-order valence-corrected chi connectivity index (χ0v) is 13.5. The molecular weight excluding hydrogens is 316 g/mol. The Morgan fingerprint density at radius 3 is 2.87 bits per heavy atom. The van der Waals surface area contributed by atoms with Gasteiger partial charge >= 0.3 is 5.97 Å². The van der Waals surface area contributed by atoms with Gasteiger partial charge in [0.05, 0.1) is 17.2 Å². The number of amides is 1. The highest BCUT2D eigenvalue weighted by molar-refractivity contribution is 7.09. The van der Waals surface area contributed by atoms with E-state index in [1.165, 1.54) is 16.7 Å². The van der Waals surface area contributed by atoms with E-state index in [2.05, 4.69) is 15.3 Å². The minimum atomic E-state index is -1.03. The number of nitrogens with one attached hydrogen (secondary N) is 1. The molecule has 0 aliphatic rings. The number of carboxylic acids is 1. The van der Waals surface area contributed by atoms with E-state index in [1.54, 1.807) is 6.20 Å². The first-order chi connectivity index (χ1) is 11.0. The van der Waals surface area contributed by atoms with Crippen LogP contribution in [0.3, 0.4) is 0 Å². The van der Waals surface area contributed by atoms with Crippen molar-refractivity contribution in [3.05, 3.63) is 46.2 Å². The zero-order valence-electron chi connectivity index (χ0n) is 12.7. The molecule has 122 valence electrons. The molecule has 0 bridgehead atoms. The molecule has 2 aromatic heterocycles. The summed E-state index contributed by atoms with van der Waals surface area (Å²) in [6.45, 7) is 1.31. The highest BCUT2D eigenvalue weighted by Crippen LogP contribution is 2.09. The molecule has 7 nitrogen and oxygen atoms in total. The van der Waals surface area contributed by atoms with Crippen LogP contribution in [0.25, 0.3) is 0 Å². The van der Waals surface area contributed by atoms with Gasteiger partial charge in [0.15, 0.2) is 5.69 Å². The van der Waals surface area contributed by atoms with Crippen LogP contribution in [-0.4, -0.2) is 52.0 Å². The molecule has 0 unspecified atom stereocenters. The molecule has 0 atom stereocenters. The lowest BCUT2D eigenvalue weighted by atomic mass is 10.3. The molecule has 2 N–H and O–H groups in total. The number of aromatic nitrogens is 2. The van der Waals surface area contributed by atoms with Gasteiger partial charge in [0.1, 0.15) is 0 Å². The largest absolute Gasteiger partial charge is 0.476 e. The first kappa shape index (κ1) is 17.0.